The largest absolute Gasteiger partial charge is 0.307 e. The van der Waals surface area contributed by atoms with Crippen LogP contribution in [0.3, 0.4) is 0 Å². The second-order valence-electron chi connectivity index (χ2n) is 4.67. The Morgan fingerprint density at radius 1 is 1.19 bits per heavy atom. The molecular weight excluding hydrogens is 194 g/mol. The van der Waals surface area contributed by atoms with Gasteiger partial charge in [0.05, 0.1) is 0 Å². The van der Waals surface area contributed by atoms with Gasteiger partial charge < -0.3 is 5.32 Å². The molecule has 1 nitrogen and oxygen atoms in total. The highest BCUT2D eigenvalue weighted by Gasteiger charge is 2.14. The van der Waals surface area contributed by atoms with E-state index < -0.39 is 0 Å². The fourth-order valence-electron chi connectivity index (χ4n) is 1.87. The third-order valence-electron chi connectivity index (χ3n) is 2.99. The van der Waals surface area contributed by atoms with Crippen LogP contribution in [0, 0.1) is 5.92 Å². The van der Waals surface area contributed by atoms with Gasteiger partial charge in [-0.2, -0.15) is 0 Å². The first-order chi connectivity index (χ1) is 7.65. The summed E-state index contributed by atoms with van der Waals surface area (Å²) in [6.07, 6.45) is 3.02. The first kappa shape index (κ1) is 13.0. The Kier molecular flexibility index (Phi) is 5.27. The highest BCUT2D eigenvalue weighted by Crippen LogP contribution is 2.16. The lowest BCUT2D eigenvalue weighted by atomic mass is 9.98. The number of hydrogen-bond donors (Lipinski definition) is 1. The predicted octanol–water partition coefficient (Wildman–Crippen LogP) is 3.94. The van der Waals surface area contributed by atoms with Crippen molar-refractivity contribution in [2.75, 3.05) is 0 Å². The summed E-state index contributed by atoms with van der Waals surface area (Å²) in [5.41, 5.74) is 1.34. The van der Waals surface area contributed by atoms with E-state index in [0.29, 0.717) is 18.0 Å². The number of benzene rings is 1. The van der Waals surface area contributed by atoms with Crippen LogP contribution in [0.25, 0.3) is 0 Å². The third-order valence-corrected chi connectivity index (χ3v) is 2.99. The maximum atomic E-state index is 3.82. The zero-order chi connectivity index (χ0) is 12.0. The standard InChI is InChI=1S/C15H23N/c1-5-9-15(12(2)3)16-13(4)14-10-7-6-8-11-14/h5-8,10-13,15-16H,1,9H2,2-4H3/t13-,15+/m1/s1. The molecule has 88 valence electrons. The first-order valence-electron chi connectivity index (χ1n) is 6.07. The molecule has 0 aliphatic heterocycles. The maximum Gasteiger partial charge on any atom is 0.0294 e. The summed E-state index contributed by atoms with van der Waals surface area (Å²) in [5.74, 6) is 0.629. The summed E-state index contributed by atoms with van der Waals surface area (Å²) in [5, 5.41) is 3.66. The van der Waals surface area contributed by atoms with Crippen LogP contribution in [0.15, 0.2) is 43.0 Å². The summed E-state index contributed by atoms with van der Waals surface area (Å²) in [4.78, 5) is 0. The van der Waals surface area contributed by atoms with E-state index in [9.17, 15) is 0 Å². The van der Waals surface area contributed by atoms with Crippen molar-refractivity contribution in [1.29, 1.82) is 0 Å². The molecule has 1 aromatic rings. The number of hydrogen-bond acceptors (Lipinski definition) is 1. The van der Waals surface area contributed by atoms with E-state index in [2.05, 4.69) is 63.0 Å². The fraction of sp³-hybridized carbons (Fsp3) is 0.467. The summed E-state index contributed by atoms with van der Waals surface area (Å²) in [7, 11) is 0. The van der Waals surface area contributed by atoms with Crippen LogP contribution in [-0.2, 0) is 0 Å². The van der Waals surface area contributed by atoms with Gasteiger partial charge in [-0.15, -0.1) is 6.58 Å². The van der Waals surface area contributed by atoms with Crippen LogP contribution >= 0.6 is 0 Å². The van der Waals surface area contributed by atoms with Crippen molar-refractivity contribution in [3.63, 3.8) is 0 Å². The first-order valence-corrected chi connectivity index (χ1v) is 6.07. The summed E-state index contributed by atoms with van der Waals surface area (Å²) in [6, 6.07) is 11.5. The number of rotatable bonds is 6. The van der Waals surface area contributed by atoms with E-state index in [4.69, 9.17) is 0 Å². The van der Waals surface area contributed by atoms with Crippen LogP contribution in [0.4, 0.5) is 0 Å². The molecule has 0 radical (unpaired) electrons. The molecule has 0 heterocycles. The molecule has 0 fully saturated rings. The molecule has 1 heteroatoms. The second kappa shape index (κ2) is 6.49. The molecule has 2 atom stereocenters. The maximum absolute atomic E-state index is 3.82. The molecule has 0 spiro atoms. The molecule has 0 unspecified atom stereocenters. The Bertz CT molecular complexity index is 302. The van der Waals surface area contributed by atoms with Crippen molar-refractivity contribution in [3.05, 3.63) is 48.6 Å². The quantitative estimate of drug-likeness (QED) is 0.712. The van der Waals surface area contributed by atoms with Gasteiger partial charge in [0.25, 0.3) is 0 Å². The van der Waals surface area contributed by atoms with Crippen LogP contribution in [0.1, 0.15) is 38.8 Å². The smallest absolute Gasteiger partial charge is 0.0294 e. The average Bonchev–Trinajstić information content (AvgIpc) is 2.29. The topological polar surface area (TPSA) is 12.0 Å². The van der Waals surface area contributed by atoms with Crippen LogP contribution in [0.5, 0.6) is 0 Å². The SMILES string of the molecule is C=CC[C@H](N[C@H](C)c1ccccc1)C(C)C. The fourth-order valence-corrected chi connectivity index (χ4v) is 1.87. The number of nitrogens with one attached hydrogen (secondary N) is 1. The minimum absolute atomic E-state index is 0.397. The Balaban J connectivity index is 2.61. The molecule has 1 aromatic carbocycles. The van der Waals surface area contributed by atoms with Gasteiger partial charge in [0.15, 0.2) is 0 Å². The molecule has 1 rings (SSSR count). The Morgan fingerprint density at radius 3 is 2.31 bits per heavy atom. The van der Waals surface area contributed by atoms with E-state index >= 15 is 0 Å². The second-order valence-corrected chi connectivity index (χ2v) is 4.67. The van der Waals surface area contributed by atoms with Gasteiger partial charge >= 0.3 is 0 Å². The van der Waals surface area contributed by atoms with Crippen LogP contribution in [-0.4, -0.2) is 6.04 Å². The van der Waals surface area contributed by atoms with Crippen molar-refractivity contribution >= 4 is 0 Å². The van der Waals surface area contributed by atoms with E-state index in [0.717, 1.165) is 6.42 Å². The molecule has 0 aliphatic rings. The van der Waals surface area contributed by atoms with E-state index in [-0.39, 0.29) is 0 Å². The Labute approximate surface area is 99.6 Å². The van der Waals surface area contributed by atoms with Gasteiger partial charge in [0.2, 0.25) is 0 Å². The molecule has 0 saturated heterocycles. The molecule has 0 saturated carbocycles. The van der Waals surface area contributed by atoms with Gasteiger partial charge in [-0.25, -0.2) is 0 Å². The minimum Gasteiger partial charge on any atom is -0.307 e. The molecule has 0 bridgehead atoms. The van der Waals surface area contributed by atoms with Crippen LogP contribution < -0.4 is 5.32 Å². The zero-order valence-electron chi connectivity index (χ0n) is 10.6. The lowest BCUT2D eigenvalue weighted by Crippen LogP contribution is -2.35. The van der Waals surface area contributed by atoms with Gasteiger partial charge in [-0.1, -0.05) is 50.3 Å². The van der Waals surface area contributed by atoms with Crippen molar-refractivity contribution in [1.82, 2.24) is 5.32 Å². The lowest BCUT2D eigenvalue weighted by molar-refractivity contribution is 0.367. The molecule has 16 heavy (non-hydrogen) atoms. The van der Waals surface area contributed by atoms with E-state index in [1.54, 1.807) is 0 Å². The Morgan fingerprint density at radius 2 is 1.81 bits per heavy atom. The summed E-state index contributed by atoms with van der Waals surface area (Å²) < 4.78 is 0. The molecule has 0 aromatic heterocycles. The van der Waals surface area contributed by atoms with Crippen molar-refractivity contribution in [2.24, 2.45) is 5.92 Å². The van der Waals surface area contributed by atoms with Gasteiger partial charge in [-0.3, -0.25) is 0 Å². The lowest BCUT2D eigenvalue weighted by Gasteiger charge is -2.25. The normalized spacial score (nSPS) is 14.8. The van der Waals surface area contributed by atoms with Crippen molar-refractivity contribution < 1.29 is 0 Å². The van der Waals surface area contributed by atoms with Gasteiger partial charge in [0, 0.05) is 12.1 Å². The zero-order valence-corrected chi connectivity index (χ0v) is 10.6. The molecule has 0 aliphatic carbocycles. The molecular formula is C15H23N. The van der Waals surface area contributed by atoms with Crippen molar-refractivity contribution in [3.8, 4) is 0 Å². The molecule has 1 N–H and O–H groups in total. The molecule has 0 amide bonds. The van der Waals surface area contributed by atoms with Gasteiger partial charge in [-0.05, 0) is 24.8 Å². The third kappa shape index (κ3) is 3.82. The highest BCUT2D eigenvalue weighted by molar-refractivity contribution is 5.18. The van der Waals surface area contributed by atoms with E-state index in [1.165, 1.54) is 5.56 Å². The monoisotopic (exact) mass is 217 g/mol. The minimum atomic E-state index is 0.397. The van der Waals surface area contributed by atoms with Crippen LogP contribution in [0.2, 0.25) is 0 Å². The van der Waals surface area contributed by atoms with Crippen molar-refractivity contribution in [2.45, 2.75) is 39.3 Å². The van der Waals surface area contributed by atoms with Gasteiger partial charge in [0.1, 0.15) is 0 Å². The average molecular weight is 217 g/mol. The highest BCUT2D eigenvalue weighted by atomic mass is 14.9. The Hall–Kier alpha value is -1.08. The summed E-state index contributed by atoms with van der Waals surface area (Å²) >= 11 is 0. The summed E-state index contributed by atoms with van der Waals surface area (Å²) in [6.45, 7) is 10.5. The van der Waals surface area contributed by atoms with E-state index in [1.807, 2.05) is 6.08 Å². The predicted molar refractivity (Wildman–Crippen MR) is 71.4 cm³/mol.